The normalized spacial score (nSPS) is 15.0. The van der Waals surface area contributed by atoms with E-state index in [1.807, 2.05) is 30.3 Å². The van der Waals surface area contributed by atoms with Gasteiger partial charge >= 0.3 is 0 Å². The van der Waals surface area contributed by atoms with Gasteiger partial charge in [-0.25, -0.2) is 8.78 Å². The van der Waals surface area contributed by atoms with Crippen molar-refractivity contribution < 1.29 is 23.0 Å². The highest BCUT2D eigenvalue weighted by atomic mass is 35.5. The Kier molecular flexibility index (Phi) is 11.2. The highest BCUT2D eigenvalue weighted by molar-refractivity contribution is 5.85. The second-order valence-corrected chi connectivity index (χ2v) is 6.58. The fourth-order valence-electron chi connectivity index (χ4n) is 3.42. The van der Waals surface area contributed by atoms with Crippen molar-refractivity contribution in [2.75, 3.05) is 40.4 Å². The molecule has 3 rings (SSSR count). The van der Waals surface area contributed by atoms with Crippen LogP contribution in [0, 0.1) is 0 Å². The monoisotopic (exact) mass is 464 g/mol. The number of hydrogen-bond donors (Lipinski definition) is 1. The van der Waals surface area contributed by atoms with Crippen LogP contribution in [0.1, 0.15) is 17.2 Å². The zero-order chi connectivity index (χ0) is 19.9. The van der Waals surface area contributed by atoms with E-state index in [9.17, 15) is 8.78 Å². The molecule has 0 spiro atoms. The van der Waals surface area contributed by atoms with Crippen LogP contribution in [0.3, 0.4) is 0 Å². The van der Waals surface area contributed by atoms with Crippen LogP contribution in [0.2, 0.25) is 0 Å². The molecule has 1 atom stereocenters. The average molecular weight is 465 g/mol. The maximum absolute atomic E-state index is 14.1. The lowest BCUT2D eigenvalue weighted by Gasteiger charge is -2.35. The molecule has 0 amide bonds. The fraction of sp³-hybridized carbons (Fsp3) is 0.429. The maximum atomic E-state index is 14.1. The van der Waals surface area contributed by atoms with E-state index < -0.39 is 12.5 Å². The molecule has 5 nitrogen and oxygen atoms in total. The molecule has 0 aromatic heterocycles. The minimum atomic E-state index is -2.56. The van der Waals surface area contributed by atoms with E-state index in [0.717, 1.165) is 5.56 Å². The third-order valence-corrected chi connectivity index (χ3v) is 4.86. The van der Waals surface area contributed by atoms with Gasteiger partial charge in [-0.3, -0.25) is 4.90 Å². The number of piperazine rings is 1. The average Bonchev–Trinajstić information content (AvgIpc) is 2.73. The first-order valence-corrected chi connectivity index (χ1v) is 9.29. The number of rotatable bonds is 8. The van der Waals surface area contributed by atoms with Gasteiger partial charge < -0.3 is 19.5 Å². The van der Waals surface area contributed by atoms with E-state index in [1.165, 1.54) is 14.2 Å². The van der Waals surface area contributed by atoms with Gasteiger partial charge in [0.25, 0.3) is 6.43 Å². The highest BCUT2D eigenvalue weighted by Gasteiger charge is 2.33. The first-order valence-electron chi connectivity index (χ1n) is 9.29. The summed E-state index contributed by atoms with van der Waals surface area (Å²) in [7, 11) is 3.01. The molecule has 0 bridgehead atoms. The lowest BCUT2D eigenvalue weighted by molar-refractivity contribution is 0.0165. The van der Waals surface area contributed by atoms with Gasteiger partial charge in [-0.15, -0.1) is 24.8 Å². The Labute approximate surface area is 188 Å². The number of methoxy groups -OCH3 is 2. The lowest BCUT2D eigenvalue weighted by Crippen LogP contribution is -2.47. The number of nitrogens with one attached hydrogen (secondary N) is 1. The molecule has 1 aliphatic heterocycles. The third kappa shape index (κ3) is 6.35. The zero-order valence-corrected chi connectivity index (χ0v) is 18.6. The fourth-order valence-corrected chi connectivity index (χ4v) is 3.42. The molecule has 30 heavy (non-hydrogen) atoms. The number of alkyl halides is 2. The van der Waals surface area contributed by atoms with Crippen molar-refractivity contribution in [2.45, 2.75) is 19.1 Å². The predicted octanol–water partition coefficient (Wildman–Crippen LogP) is 4.34. The molecule has 0 aliphatic carbocycles. The summed E-state index contributed by atoms with van der Waals surface area (Å²) in [4.78, 5) is 1.79. The summed E-state index contributed by atoms with van der Waals surface area (Å²) >= 11 is 0. The van der Waals surface area contributed by atoms with Crippen molar-refractivity contribution in [3.05, 3.63) is 53.6 Å². The first kappa shape index (κ1) is 26.2. The van der Waals surface area contributed by atoms with Gasteiger partial charge in [0.15, 0.2) is 11.5 Å². The van der Waals surface area contributed by atoms with Gasteiger partial charge in [0.05, 0.1) is 14.2 Å². The van der Waals surface area contributed by atoms with Crippen molar-refractivity contribution in [1.82, 2.24) is 10.2 Å². The molecular formula is C21H28Cl2F2N2O3. The van der Waals surface area contributed by atoms with Crippen LogP contribution in [0.25, 0.3) is 0 Å². The SMILES string of the molecule is COc1cc(OCc2ccccc2)c([C@@H](C(F)F)N2CCNCC2)cc1OC.Cl.Cl. The van der Waals surface area contributed by atoms with E-state index in [1.54, 1.807) is 17.0 Å². The molecule has 0 unspecified atom stereocenters. The second-order valence-electron chi connectivity index (χ2n) is 6.58. The van der Waals surface area contributed by atoms with Crippen molar-refractivity contribution in [1.29, 1.82) is 0 Å². The topological polar surface area (TPSA) is 43.0 Å². The van der Waals surface area contributed by atoms with Gasteiger partial charge in [-0.2, -0.15) is 0 Å². The summed E-state index contributed by atoms with van der Waals surface area (Å²) in [5, 5.41) is 3.20. The van der Waals surface area contributed by atoms with Crippen molar-refractivity contribution in [3.8, 4) is 17.2 Å². The number of halogens is 4. The van der Waals surface area contributed by atoms with Crippen molar-refractivity contribution >= 4 is 24.8 Å². The Morgan fingerprint density at radius 1 is 0.933 bits per heavy atom. The smallest absolute Gasteiger partial charge is 0.258 e. The highest BCUT2D eigenvalue weighted by Crippen LogP contribution is 2.41. The second kappa shape index (κ2) is 12.8. The number of benzene rings is 2. The van der Waals surface area contributed by atoms with E-state index in [-0.39, 0.29) is 31.4 Å². The first-order chi connectivity index (χ1) is 13.6. The minimum absolute atomic E-state index is 0. The Hall–Kier alpha value is -1.80. The lowest BCUT2D eigenvalue weighted by atomic mass is 10.0. The molecular weight excluding hydrogens is 437 g/mol. The van der Waals surface area contributed by atoms with Crippen LogP contribution in [0.5, 0.6) is 17.2 Å². The summed E-state index contributed by atoms with van der Waals surface area (Å²) in [6, 6.07) is 11.8. The molecule has 1 aliphatic rings. The van der Waals surface area contributed by atoms with Gasteiger partial charge in [0, 0.05) is 37.8 Å². The number of ether oxygens (including phenoxy) is 3. The molecule has 0 saturated carbocycles. The Bertz CT molecular complexity index is 763. The zero-order valence-electron chi connectivity index (χ0n) is 17.0. The van der Waals surface area contributed by atoms with E-state index in [0.29, 0.717) is 49.0 Å². The Balaban J connectivity index is 0.00000225. The van der Waals surface area contributed by atoms with Gasteiger partial charge in [-0.1, -0.05) is 30.3 Å². The van der Waals surface area contributed by atoms with Crippen molar-refractivity contribution in [2.24, 2.45) is 0 Å². The Morgan fingerprint density at radius 2 is 1.53 bits per heavy atom. The van der Waals surface area contributed by atoms with E-state index in [2.05, 4.69) is 5.32 Å². The molecule has 1 heterocycles. The van der Waals surface area contributed by atoms with E-state index >= 15 is 0 Å². The molecule has 0 radical (unpaired) electrons. The molecule has 1 saturated heterocycles. The molecule has 168 valence electrons. The van der Waals surface area contributed by atoms with Gasteiger partial charge in [0.1, 0.15) is 18.4 Å². The number of nitrogens with zero attached hydrogens (tertiary/aromatic N) is 1. The quantitative estimate of drug-likeness (QED) is 0.629. The summed E-state index contributed by atoms with van der Waals surface area (Å²) in [6.07, 6.45) is -2.56. The number of hydrogen-bond acceptors (Lipinski definition) is 5. The van der Waals surface area contributed by atoms with E-state index in [4.69, 9.17) is 14.2 Å². The Morgan fingerprint density at radius 3 is 2.10 bits per heavy atom. The minimum Gasteiger partial charge on any atom is -0.493 e. The molecule has 1 N–H and O–H groups in total. The maximum Gasteiger partial charge on any atom is 0.258 e. The summed E-state index contributed by atoms with van der Waals surface area (Å²) in [5.74, 6) is 1.23. The molecule has 9 heteroatoms. The molecule has 2 aromatic carbocycles. The standard InChI is InChI=1S/C21H26F2N2O3.2ClH/c1-26-18-12-16(20(21(22)23)25-10-8-24-9-11-25)17(13-19(18)27-2)28-14-15-6-4-3-5-7-15;;/h3-7,12-13,20-21,24H,8-11,14H2,1-2H3;2*1H/t20-;;/m0../s1. The van der Waals surface area contributed by atoms with Crippen LogP contribution in [-0.4, -0.2) is 51.7 Å². The van der Waals surface area contributed by atoms with Crippen LogP contribution in [0.15, 0.2) is 42.5 Å². The van der Waals surface area contributed by atoms with Crippen LogP contribution >= 0.6 is 24.8 Å². The summed E-state index contributed by atoms with van der Waals surface area (Å²) in [6.45, 7) is 2.72. The molecule has 1 fully saturated rings. The van der Waals surface area contributed by atoms with Gasteiger partial charge in [-0.05, 0) is 11.6 Å². The summed E-state index contributed by atoms with van der Waals surface area (Å²) in [5.41, 5.74) is 1.37. The third-order valence-electron chi connectivity index (χ3n) is 4.86. The van der Waals surface area contributed by atoms with Crippen LogP contribution < -0.4 is 19.5 Å². The van der Waals surface area contributed by atoms with Crippen LogP contribution in [0.4, 0.5) is 8.78 Å². The van der Waals surface area contributed by atoms with Crippen molar-refractivity contribution in [3.63, 3.8) is 0 Å². The molecule has 2 aromatic rings. The summed E-state index contributed by atoms with van der Waals surface area (Å²) < 4.78 is 45.0. The largest absolute Gasteiger partial charge is 0.493 e. The van der Waals surface area contributed by atoms with Crippen LogP contribution in [-0.2, 0) is 6.61 Å². The van der Waals surface area contributed by atoms with Gasteiger partial charge in [0.2, 0.25) is 0 Å². The predicted molar refractivity (Wildman–Crippen MR) is 118 cm³/mol.